The van der Waals surface area contributed by atoms with Gasteiger partial charge in [-0.15, -0.1) is 6.42 Å². The van der Waals surface area contributed by atoms with Gasteiger partial charge >= 0.3 is 0 Å². The molecule has 1 heterocycles. The predicted octanol–water partition coefficient (Wildman–Crippen LogP) is 1.75. The van der Waals surface area contributed by atoms with Gasteiger partial charge in [-0.25, -0.2) is 0 Å². The minimum atomic E-state index is 0.780. The zero-order chi connectivity index (χ0) is 11.4. The molecular formula is C14H18N2. The molecule has 1 saturated heterocycles. The van der Waals surface area contributed by atoms with Gasteiger partial charge in [-0.2, -0.15) is 0 Å². The largest absolute Gasteiger partial charge is 0.369 e. The van der Waals surface area contributed by atoms with Crippen molar-refractivity contribution in [2.45, 2.75) is 6.92 Å². The lowest BCUT2D eigenvalue weighted by Gasteiger charge is -2.35. The molecule has 0 radical (unpaired) electrons. The van der Waals surface area contributed by atoms with E-state index in [0.29, 0.717) is 0 Å². The Morgan fingerprint density at radius 3 is 2.31 bits per heavy atom. The van der Waals surface area contributed by atoms with Gasteiger partial charge in [-0.3, -0.25) is 4.90 Å². The predicted molar refractivity (Wildman–Crippen MR) is 68.7 cm³/mol. The zero-order valence-electron chi connectivity index (χ0n) is 9.82. The Morgan fingerprint density at radius 1 is 1.12 bits per heavy atom. The summed E-state index contributed by atoms with van der Waals surface area (Å²) < 4.78 is 0. The Kier molecular flexibility index (Phi) is 3.48. The molecule has 0 aromatic heterocycles. The first-order chi connectivity index (χ1) is 7.79. The van der Waals surface area contributed by atoms with Crippen molar-refractivity contribution < 1.29 is 0 Å². The van der Waals surface area contributed by atoms with Crippen LogP contribution in [0.5, 0.6) is 0 Å². The standard InChI is InChI=1S/C14H18N2/c1-3-8-15-9-11-16(12-10-15)14-6-4-13(2)5-7-14/h1,4-7H,8-12H2,2H3. The molecule has 1 aromatic rings. The molecular weight excluding hydrogens is 196 g/mol. The molecule has 16 heavy (non-hydrogen) atoms. The molecule has 1 fully saturated rings. The van der Waals surface area contributed by atoms with E-state index in [0.717, 1.165) is 32.7 Å². The van der Waals surface area contributed by atoms with Gasteiger partial charge in [0.1, 0.15) is 0 Å². The summed E-state index contributed by atoms with van der Waals surface area (Å²) in [6.45, 7) is 7.18. The number of rotatable bonds is 2. The van der Waals surface area contributed by atoms with Gasteiger partial charge in [0, 0.05) is 31.9 Å². The van der Waals surface area contributed by atoms with E-state index in [2.05, 4.69) is 46.9 Å². The summed E-state index contributed by atoms with van der Waals surface area (Å²) in [7, 11) is 0. The summed E-state index contributed by atoms with van der Waals surface area (Å²) in [5.74, 6) is 2.71. The Balaban J connectivity index is 1.94. The lowest BCUT2D eigenvalue weighted by atomic mass is 10.2. The first kappa shape index (κ1) is 11.0. The molecule has 0 bridgehead atoms. The number of hydrogen-bond donors (Lipinski definition) is 0. The molecule has 0 saturated carbocycles. The number of anilines is 1. The fraction of sp³-hybridized carbons (Fsp3) is 0.429. The Bertz CT molecular complexity index is 367. The minimum absolute atomic E-state index is 0.780. The average molecular weight is 214 g/mol. The van der Waals surface area contributed by atoms with Crippen molar-refractivity contribution in [3.63, 3.8) is 0 Å². The number of hydrogen-bond acceptors (Lipinski definition) is 2. The highest BCUT2D eigenvalue weighted by Gasteiger charge is 2.15. The molecule has 1 aromatic carbocycles. The maximum atomic E-state index is 5.32. The third-order valence-electron chi connectivity index (χ3n) is 3.09. The zero-order valence-corrected chi connectivity index (χ0v) is 9.82. The molecule has 0 amide bonds. The quantitative estimate of drug-likeness (QED) is 0.692. The van der Waals surface area contributed by atoms with E-state index < -0.39 is 0 Å². The third kappa shape index (κ3) is 2.56. The summed E-state index contributed by atoms with van der Waals surface area (Å²) in [6, 6.07) is 8.74. The van der Waals surface area contributed by atoms with Crippen LogP contribution in [-0.4, -0.2) is 37.6 Å². The molecule has 0 atom stereocenters. The first-order valence-corrected chi connectivity index (χ1v) is 5.77. The van der Waals surface area contributed by atoms with Crippen molar-refractivity contribution in [3.05, 3.63) is 29.8 Å². The van der Waals surface area contributed by atoms with Crippen LogP contribution in [0.3, 0.4) is 0 Å². The van der Waals surface area contributed by atoms with Crippen molar-refractivity contribution in [2.24, 2.45) is 0 Å². The second-order valence-corrected chi connectivity index (χ2v) is 4.30. The van der Waals surface area contributed by atoms with E-state index in [-0.39, 0.29) is 0 Å². The molecule has 2 nitrogen and oxygen atoms in total. The van der Waals surface area contributed by atoms with E-state index in [4.69, 9.17) is 6.42 Å². The van der Waals surface area contributed by atoms with Crippen LogP contribution in [-0.2, 0) is 0 Å². The van der Waals surface area contributed by atoms with Crippen molar-refractivity contribution in [1.82, 2.24) is 4.90 Å². The van der Waals surface area contributed by atoms with Crippen molar-refractivity contribution >= 4 is 5.69 Å². The van der Waals surface area contributed by atoms with Crippen molar-refractivity contribution in [1.29, 1.82) is 0 Å². The Morgan fingerprint density at radius 2 is 1.75 bits per heavy atom. The van der Waals surface area contributed by atoms with Gasteiger partial charge < -0.3 is 4.90 Å². The monoisotopic (exact) mass is 214 g/mol. The lowest BCUT2D eigenvalue weighted by molar-refractivity contribution is 0.288. The van der Waals surface area contributed by atoms with Crippen molar-refractivity contribution in [3.8, 4) is 12.3 Å². The van der Waals surface area contributed by atoms with Crippen LogP contribution < -0.4 is 4.90 Å². The van der Waals surface area contributed by atoms with Gasteiger partial charge in [-0.1, -0.05) is 23.6 Å². The summed E-state index contributed by atoms with van der Waals surface area (Å²) in [6.07, 6.45) is 5.32. The van der Waals surface area contributed by atoms with E-state index in [1.54, 1.807) is 0 Å². The van der Waals surface area contributed by atoms with E-state index in [1.165, 1.54) is 11.3 Å². The highest BCUT2D eigenvalue weighted by molar-refractivity contribution is 5.47. The van der Waals surface area contributed by atoms with Crippen LogP contribution in [0, 0.1) is 19.3 Å². The molecule has 2 rings (SSSR count). The van der Waals surface area contributed by atoms with Gasteiger partial charge in [0.25, 0.3) is 0 Å². The van der Waals surface area contributed by atoms with Gasteiger partial charge in [0.15, 0.2) is 0 Å². The highest BCUT2D eigenvalue weighted by Crippen LogP contribution is 2.16. The van der Waals surface area contributed by atoms with Crippen molar-refractivity contribution in [2.75, 3.05) is 37.6 Å². The number of nitrogens with zero attached hydrogens (tertiary/aromatic N) is 2. The Hall–Kier alpha value is -1.46. The summed E-state index contributed by atoms with van der Waals surface area (Å²) >= 11 is 0. The first-order valence-electron chi connectivity index (χ1n) is 5.77. The molecule has 0 aliphatic carbocycles. The second kappa shape index (κ2) is 5.05. The molecule has 1 aliphatic heterocycles. The fourth-order valence-electron chi connectivity index (χ4n) is 2.05. The fourth-order valence-corrected chi connectivity index (χ4v) is 2.05. The third-order valence-corrected chi connectivity index (χ3v) is 3.09. The number of piperazine rings is 1. The second-order valence-electron chi connectivity index (χ2n) is 4.30. The molecule has 2 heteroatoms. The summed E-state index contributed by atoms with van der Waals surface area (Å²) in [5.41, 5.74) is 2.64. The SMILES string of the molecule is C#CCN1CCN(c2ccc(C)cc2)CC1. The van der Waals surface area contributed by atoms with Gasteiger partial charge in [0.05, 0.1) is 6.54 Å². The highest BCUT2D eigenvalue weighted by atomic mass is 15.3. The topological polar surface area (TPSA) is 6.48 Å². The molecule has 0 N–H and O–H groups in total. The van der Waals surface area contributed by atoms with E-state index in [9.17, 15) is 0 Å². The smallest absolute Gasteiger partial charge is 0.0600 e. The maximum absolute atomic E-state index is 5.32. The van der Waals surface area contributed by atoms with Crippen LogP contribution in [0.15, 0.2) is 24.3 Å². The number of aryl methyl sites for hydroxylation is 1. The number of terminal acetylenes is 1. The van der Waals surface area contributed by atoms with Gasteiger partial charge in [0.2, 0.25) is 0 Å². The summed E-state index contributed by atoms with van der Waals surface area (Å²) in [4.78, 5) is 4.75. The minimum Gasteiger partial charge on any atom is -0.369 e. The van der Waals surface area contributed by atoms with Crippen LogP contribution in [0.2, 0.25) is 0 Å². The average Bonchev–Trinajstić information content (AvgIpc) is 2.32. The Labute approximate surface area is 97.9 Å². The normalized spacial score (nSPS) is 17.1. The molecule has 1 aliphatic rings. The molecule has 0 unspecified atom stereocenters. The molecule has 84 valence electrons. The van der Waals surface area contributed by atoms with Crippen LogP contribution in [0.1, 0.15) is 5.56 Å². The van der Waals surface area contributed by atoms with Crippen LogP contribution in [0.25, 0.3) is 0 Å². The van der Waals surface area contributed by atoms with E-state index >= 15 is 0 Å². The molecule has 0 spiro atoms. The number of benzene rings is 1. The maximum Gasteiger partial charge on any atom is 0.0600 e. The lowest BCUT2D eigenvalue weighted by Crippen LogP contribution is -2.46. The van der Waals surface area contributed by atoms with E-state index in [1.807, 2.05) is 0 Å². The summed E-state index contributed by atoms with van der Waals surface area (Å²) in [5, 5.41) is 0. The van der Waals surface area contributed by atoms with Crippen LogP contribution >= 0.6 is 0 Å². The van der Waals surface area contributed by atoms with Crippen LogP contribution in [0.4, 0.5) is 5.69 Å². The van der Waals surface area contributed by atoms with Gasteiger partial charge in [-0.05, 0) is 19.1 Å².